The Balaban J connectivity index is 1.11. The van der Waals surface area contributed by atoms with Crippen molar-refractivity contribution < 1.29 is 29.9 Å². The third-order valence-corrected chi connectivity index (χ3v) is 8.47. The van der Waals surface area contributed by atoms with E-state index in [-0.39, 0.29) is 23.0 Å². The summed E-state index contributed by atoms with van der Waals surface area (Å²) in [6.07, 6.45) is 0. The lowest BCUT2D eigenvalue weighted by Gasteiger charge is -2.13. The summed E-state index contributed by atoms with van der Waals surface area (Å²) < 4.78 is 12.6. The summed E-state index contributed by atoms with van der Waals surface area (Å²) >= 11 is 0. The standard InChI is InChI=1S/C42H28O6/c43-31-5-1-3-28(19-31)41-37-23-35(15-9-26(37)11-17-39(41)45)47-33-13-7-25-8-14-34(22-30(25)21-33)48-36-16-10-27-12-18-40(46)42(38(27)24-36)29-4-2-6-32(44)20-29/h1-24,43-46H. The Bertz CT molecular complexity index is 2350. The van der Waals surface area contributed by atoms with Crippen LogP contribution >= 0.6 is 0 Å². The molecule has 232 valence electrons. The Labute approximate surface area is 275 Å². The Hall–Kier alpha value is -6.66. The van der Waals surface area contributed by atoms with Crippen molar-refractivity contribution in [3.05, 3.63) is 146 Å². The third kappa shape index (κ3) is 5.42. The van der Waals surface area contributed by atoms with Crippen LogP contribution in [0.1, 0.15) is 0 Å². The average molecular weight is 629 g/mol. The molecule has 0 heterocycles. The molecular weight excluding hydrogens is 600 g/mol. The molecule has 6 heteroatoms. The van der Waals surface area contributed by atoms with Gasteiger partial charge in [-0.1, -0.05) is 60.7 Å². The lowest BCUT2D eigenvalue weighted by atomic mass is 9.97. The van der Waals surface area contributed by atoms with Gasteiger partial charge in [-0.05, 0) is 128 Å². The SMILES string of the molecule is Oc1cccc(-c2c(O)ccc3ccc(Oc4ccc5ccc(Oc6ccc7ccc(O)c(-c8cccc(O)c8)c7c6)cc5c4)cc23)c1. The van der Waals surface area contributed by atoms with Gasteiger partial charge in [-0.2, -0.15) is 0 Å². The minimum absolute atomic E-state index is 0.113. The molecule has 0 spiro atoms. The predicted octanol–water partition coefficient (Wildman–Crippen LogP) is 10.9. The second kappa shape index (κ2) is 11.6. The second-order valence-electron chi connectivity index (χ2n) is 11.7. The quantitative estimate of drug-likeness (QED) is 0.146. The van der Waals surface area contributed by atoms with Crippen molar-refractivity contribution >= 4 is 32.3 Å². The minimum atomic E-state index is 0.113. The van der Waals surface area contributed by atoms with E-state index in [2.05, 4.69) is 0 Å². The highest BCUT2D eigenvalue weighted by atomic mass is 16.5. The van der Waals surface area contributed by atoms with Crippen LogP contribution in [0, 0.1) is 0 Å². The van der Waals surface area contributed by atoms with Gasteiger partial charge in [-0.3, -0.25) is 0 Å². The monoisotopic (exact) mass is 628 g/mol. The van der Waals surface area contributed by atoms with Crippen molar-refractivity contribution in [3.63, 3.8) is 0 Å². The maximum Gasteiger partial charge on any atom is 0.128 e. The Morgan fingerprint density at radius 3 is 1.17 bits per heavy atom. The second-order valence-corrected chi connectivity index (χ2v) is 11.7. The van der Waals surface area contributed by atoms with Crippen LogP contribution in [0.2, 0.25) is 0 Å². The van der Waals surface area contributed by atoms with Crippen molar-refractivity contribution in [1.29, 1.82) is 0 Å². The molecule has 0 aliphatic rings. The van der Waals surface area contributed by atoms with Gasteiger partial charge in [-0.25, -0.2) is 0 Å². The van der Waals surface area contributed by atoms with E-state index in [9.17, 15) is 20.4 Å². The molecule has 8 aromatic rings. The number of fused-ring (bicyclic) bond motifs is 3. The highest BCUT2D eigenvalue weighted by Gasteiger charge is 2.14. The summed E-state index contributed by atoms with van der Waals surface area (Å²) in [4.78, 5) is 0. The van der Waals surface area contributed by atoms with Crippen molar-refractivity contribution in [2.75, 3.05) is 0 Å². The van der Waals surface area contributed by atoms with Crippen LogP contribution in [-0.2, 0) is 0 Å². The zero-order valence-electron chi connectivity index (χ0n) is 25.5. The van der Waals surface area contributed by atoms with E-state index in [1.165, 1.54) is 0 Å². The lowest BCUT2D eigenvalue weighted by molar-refractivity contribution is 0.473. The summed E-state index contributed by atoms with van der Waals surface area (Å²) in [5.74, 6) is 2.93. The normalized spacial score (nSPS) is 11.2. The van der Waals surface area contributed by atoms with Crippen molar-refractivity contribution in [3.8, 4) is 68.2 Å². The van der Waals surface area contributed by atoms with Crippen molar-refractivity contribution in [2.24, 2.45) is 0 Å². The zero-order chi connectivity index (χ0) is 32.8. The van der Waals surface area contributed by atoms with Crippen LogP contribution in [0.3, 0.4) is 0 Å². The molecule has 0 aromatic heterocycles. The van der Waals surface area contributed by atoms with Gasteiger partial charge in [0.25, 0.3) is 0 Å². The third-order valence-electron chi connectivity index (χ3n) is 8.47. The molecule has 0 radical (unpaired) electrons. The maximum atomic E-state index is 10.8. The first kappa shape index (κ1) is 28.8. The molecule has 0 fully saturated rings. The van der Waals surface area contributed by atoms with E-state index in [0.717, 1.165) is 32.3 Å². The molecule has 48 heavy (non-hydrogen) atoms. The van der Waals surface area contributed by atoms with Gasteiger partial charge in [0, 0.05) is 11.1 Å². The molecule has 8 rings (SSSR count). The fraction of sp³-hybridized carbons (Fsp3) is 0. The number of hydrogen-bond donors (Lipinski definition) is 4. The van der Waals surface area contributed by atoms with Gasteiger partial charge in [0.15, 0.2) is 0 Å². The molecule has 4 N–H and O–H groups in total. The molecule has 0 unspecified atom stereocenters. The Kier molecular flexibility index (Phi) is 6.96. The highest BCUT2D eigenvalue weighted by molar-refractivity contribution is 6.01. The van der Waals surface area contributed by atoms with E-state index < -0.39 is 0 Å². The van der Waals surface area contributed by atoms with E-state index in [4.69, 9.17) is 9.47 Å². The zero-order valence-corrected chi connectivity index (χ0v) is 25.5. The van der Waals surface area contributed by atoms with E-state index in [0.29, 0.717) is 45.3 Å². The summed E-state index contributed by atoms with van der Waals surface area (Å²) in [6, 6.07) is 43.8. The van der Waals surface area contributed by atoms with E-state index in [1.54, 1.807) is 48.5 Å². The first-order valence-electron chi connectivity index (χ1n) is 15.4. The van der Waals surface area contributed by atoms with Gasteiger partial charge in [0.2, 0.25) is 0 Å². The molecular formula is C42H28O6. The molecule has 0 amide bonds. The summed E-state index contributed by atoms with van der Waals surface area (Å²) in [5.41, 5.74) is 2.64. The number of phenols is 4. The topological polar surface area (TPSA) is 99.4 Å². The Morgan fingerprint density at radius 1 is 0.333 bits per heavy atom. The van der Waals surface area contributed by atoms with Crippen molar-refractivity contribution in [1.82, 2.24) is 0 Å². The number of rotatable bonds is 6. The van der Waals surface area contributed by atoms with Crippen molar-refractivity contribution in [2.45, 2.75) is 0 Å². The van der Waals surface area contributed by atoms with Crippen LogP contribution in [0.5, 0.6) is 46.0 Å². The van der Waals surface area contributed by atoms with Crippen LogP contribution in [0.15, 0.2) is 146 Å². The van der Waals surface area contributed by atoms with Gasteiger partial charge in [0.1, 0.15) is 46.0 Å². The minimum Gasteiger partial charge on any atom is -0.508 e. The number of phenolic OH excluding ortho intramolecular Hbond substituents is 4. The van der Waals surface area contributed by atoms with Crippen LogP contribution < -0.4 is 9.47 Å². The summed E-state index contributed by atoms with van der Waals surface area (Å²) in [6.45, 7) is 0. The first-order chi connectivity index (χ1) is 23.4. The molecule has 8 aromatic carbocycles. The van der Waals surface area contributed by atoms with Gasteiger partial charge < -0.3 is 29.9 Å². The fourth-order valence-electron chi connectivity index (χ4n) is 6.23. The molecule has 0 saturated carbocycles. The molecule has 0 aliphatic carbocycles. The summed E-state index contributed by atoms with van der Waals surface area (Å²) in [5, 5.41) is 47.0. The largest absolute Gasteiger partial charge is 0.508 e. The highest BCUT2D eigenvalue weighted by Crippen LogP contribution is 2.41. The van der Waals surface area contributed by atoms with Crippen LogP contribution in [0.25, 0.3) is 54.6 Å². The van der Waals surface area contributed by atoms with Gasteiger partial charge >= 0.3 is 0 Å². The fourth-order valence-corrected chi connectivity index (χ4v) is 6.23. The molecule has 0 saturated heterocycles. The first-order valence-corrected chi connectivity index (χ1v) is 15.4. The van der Waals surface area contributed by atoms with Gasteiger partial charge in [-0.15, -0.1) is 0 Å². The Morgan fingerprint density at radius 2 is 0.729 bits per heavy atom. The maximum absolute atomic E-state index is 10.8. The smallest absolute Gasteiger partial charge is 0.128 e. The van der Waals surface area contributed by atoms with Crippen LogP contribution in [-0.4, -0.2) is 20.4 Å². The van der Waals surface area contributed by atoms with E-state index >= 15 is 0 Å². The molecule has 0 aliphatic heterocycles. The van der Waals surface area contributed by atoms with Crippen LogP contribution in [0.4, 0.5) is 0 Å². The van der Waals surface area contributed by atoms with Gasteiger partial charge in [0.05, 0.1) is 0 Å². The summed E-state index contributed by atoms with van der Waals surface area (Å²) in [7, 11) is 0. The van der Waals surface area contributed by atoms with E-state index in [1.807, 2.05) is 97.1 Å². The number of hydrogen-bond acceptors (Lipinski definition) is 6. The molecule has 0 bridgehead atoms. The molecule has 6 nitrogen and oxygen atoms in total. The molecule has 0 atom stereocenters. The lowest BCUT2D eigenvalue weighted by Crippen LogP contribution is -1.89. The average Bonchev–Trinajstić information content (AvgIpc) is 3.08. The number of ether oxygens (including phenoxy) is 2. The predicted molar refractivity (Wildman–Crippen MR) is 190 cm³/mol. The number of benzene rings is 8. The number of aromatic hydroxyl groups is 4.